The molecule has 8 nitrogen and oxygen atoms in total. The van der Waals surface area contributed by atoms with Gasteiger partial charge in [-0.3, -0.25) is 19.8 Å². The van der Waals surface area contributed by atoms with Crippen molar-refractivity contribution in [3.63, 3.8) is 0 Å². The monoisotopic (exact) mass is 370 g/mol. The van der Waals surface area contributed by atoms with Crippen LogP contribution >= 0.6 is 0 Å². The SMILES string of the molecule is C=C1CCN(Cc2cc(=O)c(OC(=O)c3ccc([N+](=O)[O-])cc3)co2)CC1. The number of esters is 1. The molecule has 27 heavy (non-hydrogen) atoms. The van der Waals surface area contributed by atoms with Crippen molar-refractivity contribution in [1.29, 1.82) is 0 Å². The van der Waals surface area contributed by atoms with Gasteiger partial charge in [0, 0.05) is 31.3 Å². The van der Waals surface area contributed by atoms with Crippen LogP contribution in [0.15, 0.2) is 58.0 Å². The highest BCUT2D eigenvalue weighted by Crippen LogP contribution is 2.17. The Morgan fingerprint density at radius 2 is 1.93 bits per heavy atom. The van der Waals surface area contributed by atoms with E-state index in [1.165, 1.54) is 35.9 Å². The first kappa shape index (κ1) is 18.5. The molecule has 0 amide bonds. The number of benzene rings is 1. The third kappa shape index (κ3) is 4.68. The maximum Gasteiger partial charge on any atom is 0.343 e. The van der Waals surface area contributed by atoms with Gasteiger partial charge in [0.05, 0.1) is 17.0 Å². The topological polar surface area (TPSA) is 103 Å². The molecule has 0 spiro atoms. The highest BCUT2D eigenvalue weighted by Gasteiger charge is 2.17. The van der Waals surface area contributed by atoms with Crippen molar-refractivity contribution < 1.29 is 18.9 Å². The van der Waals surface area contributed by atoms with Crippen LogP contribution in [0.1, 0.15) is 29.0 Å². The minimum Gasteiger partial charge on any atom is -0.464 e. The summed E-state index contributed by atoms with van der Waals surface area (Å²) in [6, 6.07) is 6.22. The fourth-order valence-corrected chi connectivity index (χ4v) is 2.72. The number of carbonyl (C=O) groups is 1. The first-order chi connectivity index (χ1) is 12.9. The number of piperidine rings is 1. The first-order valence-electron chi connectivity index (χ1n) is 8.40. The molecule has 8 heteroatoms. The summed E-state index contributed by atoms with van der Waals surface area (Å²) in [6.07, 6.45) is 2.97. The van der Waals surface area contributed by atoms with E-state index in [-0.39, 0.29) is 17.0 Å². The van der Waals surface area contributed by atoms with Gasteiger partial charge in [-0.05, 0) is 25.0 Å². The molecule has 1 aliphatic heterocycles. The molecule has 0 bridgehead atoms. The average Bonchev–Trinajstić information content (AvgIpc) is 2.66. The van der Waals surface area contributed by atoms with E-state index in [0.717, 1.165) is 32.2 Å². The number of ether oxygens (including phenoxy) is 1. The zero-order chi connectivity index (χ0) is 19.4. The predicted octanol–water partition coefficient (Wildman–Crippen LogP) is 2.92. The Morgan fingerprint density at radius 3 is 2.52 bits per heavy atom. The largest absolute Gasteiger partial charge is 0.464 e. The van der Waals surface area contributed by atoms with Crippen molar-refractivity contribution in [2.45, 2.75) is 19.4 Å². The van der Waals surface area contributed by atoms with E-state index >= 15 is 0 Å². The Bertz CT molecular complexity index is 922. The molecule has 2 heterocycles. The standard InChI is InChI=1S/C19H18N2O6/c1-13-6-8-20(9-7-13)11-16-10-17(22)18(12-26-16)27-19(23)14-2-4-15(5-3-14)21(24)25/h2-5,10,12H,1,6-9,11H2. The molecule has 0 unspecified atom stereocenters. The summed E-state index contributed by atoms with van der Waals surface area (Å²) in [5.41, 5.74) is 0.712. The fourth-order valence-electron chi connectivity index (χ4n) is 2.72. The van der Waals surface area contributed by atoms with Crippen LogP contribution < -0.4 is 10.2 Å². The van der Waals surface area contributed by atoms with Gasteiger partial charge in [0.15, 0.2) is 0 Å². The molecule has 1 aromatic carbocycles. The van der Waals surface area contributed by atoms with Crippen molar-refractivity contribution >= 4 is 11.7 Å². The van der Waals surface area contributed by atoms with Gasteiger partial charge >= 0.3 is 5.97 Å². The second-order valence-corrected chi connectivity index (χ2v) is 6.29. The maximum atomic E-state index is 12.2. The quantitative estimate of drug-likeness (QED) is 0.345. The Hall–Kier alpha value is -3.26. The van der Waals surface area contributed by atoms with E-state index in [2.05, 4.69) is 11.5 Å². The number of hydrogen-bond donors (Lipinski definition) is 0. The van der Waals surface area contributed by atoms with Crippen LogP contribution in [0.5, 0.6) is 5.75 Å². The molecule has 1 aliphatic rings. The molecular weight excluding hydrogens is 352 g/mol. The van der Waals surface area contributed by atoms with Gasteiger partial charge in [0.2, 0.25) is 11.2 Å². The fraction of sp³-hybridized carbons (Fsp3) is 0.263. The van der Waals surface area contributed by atoms with E-state index in [1.807, 2.05) is 0 Å². The van der Waals surface area contributed by atoms with Gasteiger partial charge in [-0.1, -0.05) is 12.2 Å². The number of rotatable bonds is 5. The second-order valence-electron chi connectivity index (χ2n) is 6.29. The first-order valence-corrected chi connectivity index (χ1v) is 8.40. The molecule has 0 N–H and O–H groups in total. The van der Waals surface area contributed by atoms with E-state index in [1.54, 1.807) is 0 Å². The normalized spacial score (nSPS) is 14.7. The number of likely N-dealkylation sites (tertiary alicyclic amines) is 1. The van der Waals surface area contributed by atoms with Crippen molar-refractivity contribution in [3.8, 4) is 5.75 Å². The average molecular weight is 370 g/mol. The molecular formula is C19H18N2O6. The lowest BCUT2D eigenvalue weighted by atomic mass is 10.1. The molecule has 0 aliphatic carbocycles. The minimum atomic E-state index is -0.792. The molecule has 140 valence electrons. The number of carbonyl (C=O) groups excluding carboxylic acids is 1. The predicted molar refractivity (Wildman–Crippen MR) is 96.7 cm³/mol. The molecule has 2 aromatic rings. The van der Waals surface area contributed by atoms with Gasteiger partial charge in [0.1, 0.15) is 12.0 Å². The zero-order valence-electron chi connectivity index (χ0n) is 14.6. The summed E-state index contributed by atoms with van der Waals surface area (Å²) in [5.74, 6) is -0.531. The molecule has 3 rings (SSSR count). The van der Waals surface area contributed by atoms with Crippen LogP contribution in [0.2, 0.25) is 0 Å². The van der Waals surface area contributed by atoms with Crippen LogP contribution in [0.4, 0.5) is 5.69 Å². The molecule has 1 saturated heterocycles. The third-order valence-corrected chi connectivity index (χ3v) is 4.31. The summed E-state index contributed by atoms with van der Waals surface area (Å²) in [4.78, 5) is 36.5. The highest BCUT2D eigenvalue weighted by atomic mass is 16.6. The van der Waals surface area contributed by atoms with E-state index in [9.17, 15) is 19.7 Å². The van der Waals surface area contributed by atoms with Crippen LogP contribution in [0, 0.1) is 10.1 Å². The summed E-state index contributed by atoms with van der Waals surface area (Å²) in [5, 5.41) is 10.6. The number of nitro groups is 1. The zero-order valence-corrected chi connectivity index (χ0v) is 14.6. The van der Waals surface area contributed by atoms with Crippen molar-refractivity contribution in [2.24, 2.45) is 0 Å². The minimum absolute atomic E-state index is 0.0950. The van der Waals surface area contributed by atoms with Gasteiger partial charge < -0.3 is 9.15 Å². The van der Waals surface area contributed by atoms with Gasteiger partial charge in [-0.2, -0.15) is 0 Å². The molecule has 1 aromatic heterocycles. The highest BCUT2D eigenvalue weighted by molar-refractivity contribution is 5.91. The number of non-ortho nitro benzene ring substituents is 1. The lowest BCUT2D eigenvalue weighted by Crippen LogP contribution is -2.30. The molecule has 0 radical (unpaired) electrons. The Kier molecular flexibility index (Phi) is 5.46. The van der Waals surface area contributed by atoms with Crippen molar-refractivity contribution in [1.82, 2.24) is 4.90 Å². The van der Waals surface area contributed by atoms with E-state index in [4.69, 9.17) is 9.15 Å². The van der Waals surface area contributed by atoms with Crippen molar-refractivity contribution in [3.05, 3.63) is 80.4 Å². The van der Waals surface area contributed by atoms with Gasteiger partial charge in [-0.15, -0.1) is 0 Å². The number of nitro benzene ring substituents is 1. The second kappa shape index (κ2) is 7.96. The third-order valence-electron chi connectivity index (χ3n) is 4.31. The Balaban J connectivity index is 1.65. The molecule has 1 fully saturated rings. The summed E-state index contributed by atoms with van der Waals surface area (Å²) in [7, 11) is 0. The Labute approximate surface area is 154 Å². The number of nitrogens with zero attached hydrogens (tertiary/aromatic N) is 2. The summed E-state index contributed by atoms with van der Waals surface area (Å²) in [6.45, 7) is 6.19. The van der Waals surface area contributed by atoms with Crippen LogP contribution in [0.3, 0.4) is 0 Å². The Morgan fingerprint density at radius 1 is 1.26 bits per heavy atom. The van der Waals surface area contributed by atoms with E-state index < -0.39 is 16.3 Å². The van der Waals surface area contributed by atoms with Gasteiger partial charge in [-0.25, -0.2) is 4.79 Å². The van der Waals surface area contributed by atoms with Crippen LogP contribution in [-0.4, -0.2) is 28.9 Å². The smallest absolute Gasteiger partial charge is 0.343 e. The summed E-state index contributed by atoms with van der Waals surface area (Å²) < 4.78 is 10.5. The van der Waals surface area contributed by atoms with E-state index in [0.29, 0.717) is 12.3 Å². The molecule has 0 saturated carbocycles. The maximum absolute atomic E-state index is 12.2. The summed E-state index contributed by atoms with van der Waals surface area (Å²) >= 11 is 0. The lowest BCUT2D eigenvalue weighted by Gasteiger charge is -2.27. The lowest BCUT2D eigenvalue weighted by molar-refractivity contribution is -0.384. The van der Waals surface area contributed by atoms with Gasteiger partial charge in [0.25, 0.3) is 5.69 Å². The van der Waals surface area contributed by atoms with Crippen LogP contribution in [-0.2, 0) is 6.54 Å². The number of hydrogen-bond acceptors (Lipinski definition) is 7. The van der Waals surface area contributed by atoms with Crippen LogP contribution in [0.25, 0.3) is 0 Å². The molecule has 0 atom stereocenters. The van der Waals surface area contributed by atoms with Crippen molar-refractivity contribution in [2.75, 3.05) is 13.1 Å².